The van der Waals surface area contributed by atoms with Crippen molar-refractivity contribution in [1.29, 1.82) is 0 Å². The van der Waals surface area contributed by atoms with Gasteiger partial charge in [-0.3, -0.25) is 0 Å². The minimum atomic E-state index is 0.922. The number of benzene rings is 2. The Morgan fingerprint density at radius 2 is 0.855 bits per heavy atom. The molecule has 0 saturated heterocycles. The third-order valence-corrected chi connectivity index (χ3v) is 10.9. The zero-order valence-electron chi connectivity index (χ0n) is 36.3. The zero-order chi connectivity index (χ0) is 39.6. The first kappa shape index (κ1) is 48.6. The molecule has 1 aliphatic heterocycles. The molecule has 0 atom stereocenters. The van der Waals surface area contributed by atoms with E-state index < -0.39 is 0 Å². The molecule has 3 heteroatoms. The normalized spacial score (nSPS) is 13.0. The SMILES string of the molecule is CCCCCCCCCCCC=CCCc1ccccc1C1=CC(CCCC)=C(c2ccccc2CCC=CCCCCCCCCCCC)[N+]1=[N-].[CH3][Ni][CH3]. The quantitative estimate of drug-likeness (QED) is 0.0314. The molecule has 0 fully saturated rings. The third kappa shape index (κ3) is 21.0. The van der Waals surface area contributed by atoms with E-state index in [0.717, 1.165) is 61.9 Å². The third-order valence-electron chi connectivity index (χ3n) is 10.9. The maximum atomic E-state index is 11.9. The van der Waals surface area contributed by atoms with Gasteiger partial charge in [0.1, 0.15) is 0 Å². The van der Waals surface area contributed by atoms with E-state index in [1.807, 2.05) is 0 Å². The summed E-state index contributed by atoms with van der Waals surface area (Å²) in [6.07, 6.45) is 46.3. The monoisotopic (exact) mass is 793 g/mol. The molecule has 2 aromatic carbocycles. The Hall–Kier alpha value is -2.51. The van der Waals surface area contributed by atoms with E-state index in [0.29, 0.717) is 0 Å². The summed E-state index contributed by atoms with van der Waals surface area (Å²) >= 11 is 1.62. The second-order valence-corrected chi connectivity index (χ2v) is 16.7. The van der Waals surface area contributed by atoms with Gasteiger partial charge in [-0.25, -0.2) is 4.70 Å². The molecule has 1 aliphatic rings. The van der Waals surface area contributed by atoms with Crippen molar-refractivity contribution in [2.24, 2.45) is 0 Å². The Morgan fingerprint density at radius 1 is 0.473 bits per heavy atom. The molecule has 55 heavy (non-hydrogen) atoms. The van der Waals surface area contributed by atoms with E-state index in [9.17, 15) is 5.53 Å². The number of rotatable bonds is 31. The summed E-state index contributed by atoms with van der Waals surface area (Å²) in [5.41, 5.74) is 20.0. The van der Waals surface area contributed by atoms with Gasteiger partial charge in [-0.1, -0.05) is 191 Å². The Bertz CT molecular complexity index is 1400. The van der Waals surface area contributed by atoms with Crippen LogP contribution in [-0.2, 0) is 27.3 Å². The van der Waals surface area contributed by atoms with Crippen LogP contribution in [0.5, 0.6) is 0 Å². The molecule has 3 rings (SSSR count). The summed E-state index contributed by atoms with van der Waals surface area (Å²) in [7, 11) is 0. The molecule has 0 aliphatic carbocycles. The van der Waals surface area contributed by atoms with Crippen molar-refractivity contribution in [2.45, 2.75) is 206 Å². The fraction of sp³-hybridized carbons (Fsp3) is 0.615. The Kier molecular flexibility index (Phi) is 29.7. The average molecular weight is 794 g/mol. The summed E-state index contributed by atoms with van der Waals surface area (Å²) in [5.74, 6) is 4.12. The van der Waals surface area contributed by atoms with Gasteiger partial charge in [-0.2, -0.15) is 0 Å². The van der Waals surface area contributed by atoms with E-state index in [1.54, 1.807) is 14.4 Å². The van der Waals surface area contributed by atoms with Crippen molar-refractivity contribution in [3.63, 3.8) is 0 Å². The van der Waals surface area contributed by atoms with E-state index in [2.05, 4.69) is 111 Å². The molecule has 0 amide bonds. The fourth-order valence-corrected chi connectivity index (χ4v) is 7.64. The molecule has 1 heterocycles. The molecule has 0 bridgehead atoms. The van der Waals surface area contributed by atoms with E-state index in [1.165, 1.54) is 155 Å². The standard InChI is InChI=1S/C50H76N2.2CH3.Ni/c1-4-7-10-12-14-16-18-20-22-24-26-28-30-37-44-39-32-34-41-47(44)49-43-46(36-9-6-3)50(52(49)51)48-42-35-33-40-45(48)38-31-29-27-25-23-21-19-17-15-13-11-8-5-2;;;/h26-29,32-35,39-43H,4-25,30-31,36-38H2,1-3H3;2*1H3;. The van der Waals surface area contributed by atoms with Crippen molar-refractivity contribution in [3.8, 4) is 0 Å². The van der Waals surface area contributed by atoms with Crippen LogP contribution < -0.4 is 0 Å². The van der Waals surface area contributed by atoms with E-state index in [-0.39, 0.29) is 0 Å². The molecular formula is C52H82N2Ni. The van der Waals surface area contributed by atoms with Gasteiger partial charge >= 0.3 is 26.2 Å². The number of aryl methyl sites for hydroxylation is 2. The molecule has 2 nitrogen and oxygen atoms in total. The van der Waals surface area contributed by atoms with Crippen LogP contribution >= 0.6 is 0 Å². The summed E-state index contributed by atoms with van der Waals surface area (Å²) in [5, 5.41) is 0. The van der Waals surface area contributed by atoms with Gasteiger partial charge < -0.3 is 5.53 Å². The second-order valence-electron chi connectivity index (χ2n) is 15.7. The Morgan fingerprint density at radius 3 is 1.33 bits per heavy atom. The number of unbranched alkanes of at least 4 members (excludes halogenated alkanes) is 19. The van der Waals surface area contributed by atoms with Gasteiger partial charge in [-0.15, -0.1) is 0 Å². The number of allylic oxidation sites excluding steroid dienone is 6. The number of nitrogens with zero attached hydrogens (tertiary/aromatic N) is 2. The van der Waals surface area contributed by atoms with Crippen molar-refractivity contribution >= 4 is 11.4 Å². The Labute approximate surface area is 347 Å². The van der Waals surface area contributed by atoms with E-state index in [4.69, 9.17) is 0 Å². The van der Waals surface area contributed by atoms with Gasteiger partial charge in [-0.05, 0) is 87.5 Å². The van der Waals surface area contributed by atoms with Crippen LogP contribution in [-0.4, -0.2) is 4.70 Å². The molecule has 0 saturated carbocycles. The average Bonchev–Trinajstić information content (AvgIpc) is 3.53. The van der Waals surface area contributed by atoms with Crippen molar-refractivity contribution in [2.75, 3.05) is 0 Å². The van der Waals surface area contributed by atoms with Gasteiger partial charge in [0, 0.05) is 22.8 Å². The summed E-state index contributed by atoms with van der Waals surface area (Å²) in [6, 6.07) is 17.5. The topological polar surface area (TPSA) is 25.3 Å². The minimum absolute atomic E-state index is 0.922. The molecule has 0 radical (unpaired) electrons. The predicted molar refractivity (Wildman–Crippen MR) is 241 cm³/mol. The molecule has 0 unspecified atom stereocenters. The van der Waals surface area contributed by atoms with Crippen LogP contribution in [0.25, 0.3) is 16.9 Å². The van der Waals surface area contributed by atoms with Crippen LogP contribution in [0.3, 0.4) is 0 Å². The van der Waals surface area contributed by atoms with Crippen LogP contribution in [0.1, 0.15) is 204 Å². The molecule has 310 valence electrons. The number of hydrogen-bond donors (Lipinski definition) is 0. The van der Waals surface area contributed by atoms with Crippen molar-refractivity contribution in [1.82, 2.24) is 0 Å². The first-order valence-corrected chi connectivity index (χ1v) is 24.7. The van der Waals surface area contributed by atoms with Crippen molar-refractivity contribution < 1.29 is 19.1 Å². The van der Waals surface area contributed by atoms with Crippen LogP contribution in [0.2, 0.25) is 11.8 Å². The van der Waals surface area contributed by atoms with Crippen LogP contribution in [0.15, 0.2) is 84.5 Å². The molecule has 0 aromatic heterocycles. The predicted octanol–water partition coefficient (Wildman–Crippen LogP) is 17.7. The molecule has 0 N–H and O–H groups in total. The summed E-state index contributed by atoms with van der Waals surface area (Å²) < 4.78 is 1.52. The zero-order valence-corrected chi connectivity index (χ0v) is 37.3. The summed E-state index contributed by atoms with van der Waals surface area (Å²) in [4.78, 5) is 0. The van der Waals surface area contributed by atoms with Gasteiger partial charge in [0.05, 0.1) is 0 Å². The fourth-order valence-electron chi connectivity index (χ4n) is 7.64. The second kappa shape index (κ2) is 33.6. The van der Waals surface area contributed by atoms with Crippen LogP contribution in [0.4, 0.5) is 0 Å². The first-order chi connectivity index (χ1) is 27.1. The van der Waals surface area contributed by atoms with Gasteiger partial charge in [0.25, 0.3) is 0 Å². The molecular weight excluding hydrogens is 711 g/mol. The van der Waals surface area contributed by atoms with E-state index >= 15 is 0 Å². The molecule has 2 aromatic rings. The summed E-state index contributed by atoms with van der Waals surface area (Å²) in [6.45, 7) is 6.84. The first-order valence-electron chi connectivity index (χ1n) is 22.7. The molecule has 0 spiro atoms. The maximum absolute atomic E-state index is 11.9. The number of hydrogen-bond acceptors (Lipinski definition) is 0. The Balaban J connectivity index is 0.00000337. The van der Waals surface area contributed by atoms with Crippen molar-refractivity contribution in [3.05, 3.63) is 112 Å². The van der Waals surface area contributed by atoms with Gasteiger partial charge in [0.15, 0.2) is 0 Å². The van der Waals surface area contributed by atoms with Gasteiger partial charge in [0.2, 0.25) is 11.4 Å². The van der Waals surface area contributed by atoms with Crippen LogP contribution in [0, 0.1) is 0 Å².